The average Bonchev–Trinajstić information content (AvgIpc) is 2.96. The molecular weight excluding hydrogens is 453 g/mol. The van der Waals surface area contributed by atoms with Crippen LogP contribution in [-0.2, 0) is 15.7 Å². The Morgan fingerprint density at radius 1 is 1.14 bits per heavy atom. The Morgan fingerprint density at radius 2 is 1.76 bits per heavy atom. The minimum Gasteiger partial charge on any atom is -0.465 e. The zero-order chi connectivity index (χ0) is 21.9. The predicted octanol–water partition coefficient (Wildman–Crippen LogP) is 5.11. The van der Waals surface area contributed by atoms with Gasteiger partial charge in [0.15, 0.2) is 5.11 Å². The summed E-state index contributed by atoms with van der Waals surface area (Å²) in [5.41, 5.74) is -1.03. The van der Waals surface area contributed by atoms with Gasteiger partial charge in [-0.25, -0.2) is 9.59 Å². The van der Waals surface area contributed by atoms with Crippen molar-refractivity contribution in [3.05, 3.63) is 44.8 Å². The van der Waals surface area contributed by atoms with Crippen molar-refractivity contribution in [2.75, 3.05) is 24.9 Å². The quantitative estimate of drug-likeness (QED) is 0.479. The molecule has 0 saturated heterocycles. The van der Waals surface area contributed by atoms with Crippen LogP contribution in [0.2, 0.25) is 5.02 Å². The maximum absolute atomic E-state index is 13.2. The lowest BCUT2D eigenvalue weighted by atomic mass is 10.1. The Hall–Kier alpha value is -2.37. The van der Waals surface area contributed by atoms with Gasteiger partial charge < -0.3 is 20.1 Å². The lowest BCUT2D eigenvalue weighted by Gasteiger charge is -2.16. The number of carbonyl (C=O) groups is 2. The Bertz CT molecular complexity index is 976. The number of carbonyl (C=O) groups excluding carboxylic acids is 2. The van der Waals surface area contributed by atoms with Crippen molar-refractivity contribution >= 4 is 62.9 Å². The summed E-state index contributed by atoms with van der Waals surface area (Å²) in [6, 6.07) is 3.16. The van der Waals surface area contributed by atoms with Crippen LogP contribution in [-0.4, -0.2) is 31.3 Å². The summed E-state index contributed by atoms with van der Waals surface area (Å²) in [5.74, 6) is -1.43. The monoisotopic (exact) mass is 466 g/mol. The second-order valence-electron chi connectivity index (χ2n) is 5.51. The number of hydrogen-bond acceptors (Lipinski definition) is 6. The van der Waals surface area contributed by atoms with Gasteiger partial charge in [-0.3, -0.25) is 0 Å². The summed E-state index contributed by atoms with van der Waals surface area (Å²) in [7, 11) is 2.33. The van der Waals surface area contributed by atoms with Gasteiger partial charge in [-0.05, 0) is 42.9 Å². The number of esters is 2. The van der Waals surface area contributed by atoms with Gasteiger partial charge in [-0.2, -0.15) is 13.2 Å². The standard InChI is InChI=1S/C17H14ClF3N2O4S2/c1-7-11(14(24)26-2)13(29-12(7)15(25)27-3)23-16(28)22-10-5-4-8(18)6-9(10)17(19,20)21/h4-6H,1-3H3,(H2,22,23,28). The molecule has 0 radical (unpaired) electrons. The fourth-order valence-electron chi connectivity index (χ4n) is 2.35. The molecule has 29 heavy (non-hydrogen) atoms. The molecule has 0 fully saturated rings. The Morgan fingerprint density at radius 3 is 2.31 bits per heavy atom. The third kappa shape index (κ3) is 5.17. The van der Waals surface area contributed by atoms with E-state index in [-0.39, 0.29) is 31.3 Å². The second kappa shape index (κ2) is 8.97. The van der Waals surface area contributed by atoms with Crippen LogP contribution in [0.4, 0.5) is 23.9 Å². The number of ether oxygens (including phenoxy) is 2. The molecule has 0 bridgehead atoms. The zero-order valence-corrected chi connectivity index (χ0v) is 17.6. The number of rotatable bonds is 4. The first-order valence-electron chi connectivity index (χ1n) is 7.74. The number of anilines is 2. The summed E-state index contributed by atoms with van der Waals surface area (Å²) in [6.45, 7) is 1.51. The Kier molecular flexibility index (Phi) is 7.09. The van der Waals surface area contributed by atoms with Crippen LogP contribution >= 0.6 is 35.2 Å². The molecule has 2 rings (SSSR count). The minimum absolute atomic E-state index is 0.0224. The topological polar surface area (TPSA) is 76.7 Å². The molecule has 0 spiro atoms. The number of nitrogens with one attached hydrogen (secondary N) is 2. The van der Waals surface area contributed by atoms with Gasteiger partial charge >= 0.3 is 18.1 Å². The van der Waals surface area contributed by atoms with Gasteiger partial charge in [-0.1, -0.05) is 11.6 Å². The van der Waals surface area contributed by atoms with E-state index in [0.717, 1.165) is 30.6 Å². The van der Waals surface area contributed by atoms with Crippen LogP contribution in [0.3, 0.4) is 0 Å². The molecule has 1 aromatic carbocycles. The fraction of sp³-hybridized carbons (Fsp3) is 0.235. The molecule has 12 heteroatoms. The van der Waals surface area contributed by atoms with Crippen molar-refractivity contribution in [3.63, 3.8) is 0 Å². The number of alkyl halides is 3. The van der Waals surface area contributed by atoms with E-state index in [1.54, 1.807) is 0 Å². The van der Waals surface area contributed by atoms with E-state index in [4.69, 9.17) is 28.6 Å². The molecule has 1 aromatic heterocycles. The zero-order valence-electron chi connectivity index (χ0n) is 15.2. The molecule has 6 nitrogen and oxygen atoms in total. The summed E-state index contributed by atoms with van der Waals surface area (Å²) >= 11 is 11.6. The van der Waals surface area contributed by atoms with E-state index in [0.29, 0.717) is 5.56 Å². The second-order valence-corrected chi connectivity index (χ2v) is 7.38. The number of hydrogen-bond donors (Lipinski definition) is 2. The minimum atomic E-state index is -4.67. The van der Waals surface area contributed by atoms with E-state index < -0.39 is 23.7 Å². The summed E-state index contributed by atoms with van der Waals surface area (Å²) in [6.07, 6.45) is -4.67. The van der Waals surface area contributed by atoms with Gasteiger partial charge in [0.05, 0.1) is 31.0 Å². The number of benzene rings is 1. The third-order valence-corrected chi connectivity index (χ3v) is 5.30. The molecule has 0 aliphatic carbocycles. The maximum atomic E-state index is 13.2. The van der Waals surface area contributed by atoms with E-state index in [2.05, 4.69) is 15.4 Å². The molecule has 0 saturated carbocycles. The summed E-state index contributed by atoms with van der Waals surface area (Å²) < 4.78 is 49.1. The van der Waals surface area contributed by atoms with E-state index in [1.165, 1.54) is 20.1 Å². The van der Waals surface area contributed by atoms with Crippen LogP contribution in [0.25, 0.3) is 0 Å². The van der Waals surface area contributed by atoms with Crippen LogP contribution in [0.15, 0.2) is 18.2 Å². The van der Waals surface area contributed by atoms with Crippen molar-refractivity contribution in [2.45, 2.75) is 13.1 Å². The molecule has 1 heterocycles. The number of methoxy groups -OCH3 is 2. The van der Waals surface area contributed by atoms with E-state index in [1.807, 2.05) is 0 Å². The van der Waals surface area contributed by atoms with Crippen molar-refractivity contribution in [1.29, 1.82) is 0 Å². The molecular formula is C17H14ClF3N2O4S2. The lowest BCUT2D eigenvalue weighted by Crippen LogP contribution is -2.22. The van der Waals surface area contributed by atoms with Gasteiger partial charge in [0.2, 0.25) is 0 Å². The van der Waals surface area contributed by atoms with Crippen LogP contribution in [0.1, 0.15) is 31.2 Å². The van der Waals surface area contributed by atoms with Gasteiger partial charge in [0.1, 0.15) is 9.88 Å². The molecule has 156 valence electrons. The van der Waals surface area contributed by atoms with Crippen molar-refractivity contribution < 1.29 is 32.2 Å². The van der Waals surface area contributed by atoms with Crippen molar-refractivity contribution in [3.8, 4) is 0 Å². The first-order chi connectivity index (χ1) is 13.5. The molecule has 0 aliphatic rings. The van der Waals surface area contributed by atoms with Gasteiger partial charge in [0.25, 0.3) is 0 Å². The Balaban J connectivity index is 2.37. The lowest BCUT2D eigenvalue weighted by molar-refractivity contribution is -0.136. The van der Waals surface area contributed by atoms with Crippen molar-refractivity contribution in [2.24, 2.45) is 0 Å². The predicted molar refractivity (Wildman–Crippen MR) is 108 cm³/mol. The third-order valence-electron chi connectivity index (χ3n) is 3.67. The Labute approximate surface area is 177 Å². The molecule has 0 unspecified atom stereocenters. The van der Waals surface area contributed by atoms with Crippen LogP contribution in [0.5, 0.6) is 0 Å². The molecule has 2 aromatic rings. The highest BCUT2D eigenvalue weighted by Crippen LogP contribution is 2.37. The number of thiophene rings is 1. The first kappa shape index (κ1) is 22.9. The van der Waals surface area contributed by atoms with Gasteiger partial charge in [-0.15, -0.1) is 11.3 Å². The van der Waals surface area contributed by atoms with Gasteiger partial charge in [0, 0.05) is 5.02 Å². The smallest absolute Gasteiger partial charge is 0.418 e. The molecule has 2 N–H and O–H groups in total. The number of thiocarbonyl (C=S) groups is 1. The molecule has 0 atom stereocenters. The van der Waals surface area contributed by atoms with E-state index >= 15 is 0 Å². The molecule has 0 amide bonds. The summed E-state index contributed by atoms with van der Waals surface area (Å²) in [5, 5.41) is 4.86. The first-order valence-corrected chi connectivity index (χ1v) is 9.34. The normalized spacial score (nSPS) is 11.0. The maximum Gasteiger partial charge on any atom is 0.418 e. The highest BCUT2D eigenvalue weighted by Gasteiger charge is 2.34. The van der Waals surface area contributed by atoms with Crippen LogP contribution < -0.4 is 10.6 Å². The fourth-order valence-corrected chi connectivity index (χ4v) is 3.92. The van der Waals surface area contributed by atoms with Crippen molar-refractivity contribution in [1.82, 2.24) is 0 Å². The largest absolute Gasteiger partial charge is 0.465 e. The number of halogens is 4. The van der Waals surface area contributed by atoms with E-state index in [9.17, 15) is 22.8 Å². The summed E-state index contributed by atoms with van der Waals surface area (Å²) in [4.78, 5) is 24.1. The van der Waals surface area contributed by atoms with Crippen LogP contribution in [0, 0.1) is 6.92 Å². The SMILES string of the molecule is COC(=O)c1sc(NC(=S)Nc2ccc(Cl)cc2C(F)(F)F)c(C(=O)OC)c1C. The molecule has 0 aliphatic heterocycles. The highest BCUT2D eigenvalue weighted by atomic mass is 35.5. The highest BCUT2D eigenvalue weighted by molar-refractivity contribution is 7.80. The average molecular weight is 467 g/mol.